The van der Waals surface area contributed by atoms with Crippen LogP contribution in [0.3, 0.4) is 0 Å². The van der Waals surface area contributed by atoms with E-state index in [0.717, 1.165) is 16.7 Å². The summed E-state index contributed by atoms with van der Waals surface area (Å²) >= 11 is 5.30. The Balaban J connectivity index is 1.38. The number of anilines is 1. The number of hydrogen-bond acceptors (Lipinski definition) is 4. The molecule has 0 saturated carbocycles. The highest BCUT2D eigenvalue weighted by molar-refractivity contribution is 7.80. The topological polar surface area (TPSA) is 58.6 Å². The second kappa shape index (κ2) is 9.75. The second-order valence-corrected chi connectivity index (χ2v) is 8.24. The van der Waals surface area contributed by atoms with Crippen LogP contribution in [0.15, 0.2) is 115 Å². The van der Waals surface area contributed by atoms with Crippen molar-refractivity contribution in [3.05, 3.63) is 120 Å². The first-order valence-electron chi connectivity index (χ1n) is 11.0. The van der Waals surface area contributed by atoms with Crippen molar-refractivity contribution in [2.24, 2.45) is 0 Å². The maximum atomic E-state index is 13.3. The third-order valence-corrected chi connectivity index (χ3v) is 5.79. The predicted molar refractivity (Wildman–Crippen MR) is 141 cm³/mol. The van der Waals surface area contributed by atoms with Gasteiger partial charge >= 0.3 is 0 Å². The molecule has 0 spiro atoms. The molecule has 0 atom stereocenters. The van der Waals surface area contributed by atoms with Crippen molar-refractivity contribution >= 4 is 40.9 Å². The average Bonchev–Trinajstić information content (AvgIpc) is 2.89. The molecule has 1 aliphatic rings. The van der Waals surface area contributed by atoms with Gasteiger partial charge in [-0.3, -0.25) is 19.8 Å². The van der Waals surface area contributed by atoms with Gasteiger partial charge in [0.1, 0.15) is 17.1 Å². The van der Waals surface area contributed by atoms with Gasteiger partial charge in [0.05, 0.1) is 5.69 Å². The third-order valence-electron chi connectivity index (χ3n) is 5.50. The molecule has 4 aromatic rings. The van der Waals surface area contributed by atoms with E-state index in [4.69, 9.17) is 17.0 Å². The van der Waals surface area contributed by atoms with E-state index < -0.39 is 11.8 Å². The fourth-order valence-corrected chi connectivity index (χ4v) is 4.03. The van der Waals surface area contributed by atoms with E-state index in [0.29, 0.717) is 17.2 Å². The van der Waals surface area contributed by atoms with Crippen molar-refractivity contribution in [2.45, 2.75) is 0 Å². The highest BCUT2D eigenvalue weighted by Gasteiger charge is 2.34. The van der Waals surface area contributed by atoms with E-state index in [-0.39, 0.29) is 10.7 Å². The van der Waals surface area contributed by atoms with Gasteiger partial charge in [0.25, 0.3) is 11.8 Å². The molecule has 0 unspecified atom stereocenters. The summed E-state index contributed by atoms with van der Waals surface area (Å²) in [6, 6.07) is 34.0. The molecule has 1 fully saturated rings. The molecule has 1 aliphatic heterocycles. The van der Waals surface area contributed by atoms with E-state index in [9.17, 15) is 9.59 Å². The zero-order valence-electron chi connectivity index (χ0n) is 18.5. The smallest absolute Gasteiger partial charge is 0.270 e. The van der Waals surface area contributed by atoms with Gasteiger partial charge < -0.3 is 4.74 Å². The fourth-order valence-electron chi connectivity index (χ4n) is 3.75. The Kier molecular flexibility index (Phi) is 6.20. The molecule has 1 N–H and O–H groups in total. The van der Waals surface area contributed by atoms with E-state index >= 15 is 0 Å². The summed E-state index contributed by atoms with van der Waals surface area (Å²) in [5.41, 5.74) is 3.42. The Morgan fingerprint density at radius 1 is 0.686 bits per heavy atom. The van der Waals surface area contributed by atoms with Gasteiger partial charge in [-0.15, -0.1) is 0 Å². The van der Waals surface area contributed by atoms with Gasteiger partial charge in [-0.2, -0.15) is 0 Å². The number of benzene rings is 4. The molecule has 0 bridgehead atoms. The zero-order chi connectivity index (χ0) is 24.2. The summed E-state index contributed by atoms with van der Waals surface area (Å²) in [4.78, 5) is 27.2. The predicted octanol–water partition coefficient (Wildman–Crippen LogP) is 5.98. The molecule has 0 aromatic heterocycles. The number of nitrogens with one attached hydrogen (secondary N) is 1. The van der Waals surface area contributed by atoms with Gasteiger partial charge in [-0.05, 0) is 71.4 Å². The van der Waals surface area contributed by atoms with Crippen LogP contribution in [-0.4, -0.2) is 16.9 Å². The van der Waals surface area contributed by atoms with Crippen LogP contribution in [0.25, 0.3) is 17.2 Å². The lowest BCUT2D eigenvalue weighted by molar-refractivity contribution is -0.122. The van der Waals surface area contributed by atoms with E-state index in [1.54, 1.807) is 30.3 Å². The molecule has 4 aromatic carbocycles. The Bertz CT molecular complexity index is 1410. The second-order valence-electron chi connectivity index (χ2n) is 7.85. The van der Waals surface area contributed by atoms with Crippen molar-refractivity contribution in [1.29, 1.82) is 0 Å². The zero-order valence-corrected chi connectivity index (χ0v) is 19.4. The lowest BCUT2D eigenvalue weighted by Crippen LogP contribution is -2.54. The van der Waals surface area contributed by atoms with Crippen LogP contribution in [0.2, 0.25) is 0 Å². The highest BCUT2D eigenvalue weighted by atomic mass is 32.1. The summed E-state index contributed by atoms with van der Waals surface area (Å²) in [6.45, 7) is 0. The number of hydrogen-bond donors (Lipinski definition) is 1. The number of carbonyl (C=O) groups excluding carboxylic acids is 2. The van der Waals surface area contributed by atoms with E-state index in [2.05, 4.69) is 5.32 Å². The summed E-state index contributed by atoms with van der Waals surface area (Å²) in [7, 11) is 0. The lowest BCUT2D eigenvalue weighted by Gasteiger charge is -2.29. The van der Waals surface area contributed by atoms with Crippen LogP contribution in [0, 0.1) is 0 Å². The first kappa shape index (κ1) is 22.3. The fraction of sp³-hybridized carbons (Fsp3) is 0. The molecule has 5 rings (SSSR count). The molecule has 2 amide bonds. The van der Waals surface area contributed by atoms with Gasteiger partial charge in [-0.25, -0.2) is 0 Å². The van der Waals surface area contributed by atoms with Gasteiger partial charge in [-0.1, -0.05) is 72.8 Å². The summed E-state index contributed by atoms with van der Waals surface area (Å²) < 4.78 is 5.82. The van der Waals surface area contributed by atoms with Crippen LogP contribution in [0.4, 0.5) is 5.69 Å². The van der Waals surface area contributed by atoms with Crippen molar-refractivity contribution in [1.82, 2.24) is 5.32 Å². The SMILES string of the molecule is O=C1NC(=S)N(c2ccc(Oc3ccccc3)cc2)C(=O)/C1=C/c1ccc(-c2ccccc2)cc1. The molecule has 35 heavy (non-hydrogen) atoms. The summed E-state index contributed by atoms with van der Waals surface area (Å²) in [6.07, 6.45) is 1.58. The highest BCUT2D eigenvalue weighted by Crippen LogP contribution is 2.27. The lowest BCUT2D eigenvalue weighted by atomic mass is 10.0. The molecule has 1 saturated heterocycles. The molecule has 6 heteroatoms. The Morgan fingerprint density at radius 3 is 1.91 bits per heavy atom. The minimum Gasteiger partial charge on any atom is -0.457 e. The number of carbonyl (C=O) groups is 2. The Hall–Kier alpha value is -4.55. The van der Waals surface area contributed by atoms with Crippen LogP contribution < -0.4 is 15.0 Å². The average molecular weight is 477 g/mol. The summed E-state index contributed by atoms with van der Waals surface area (Å²) in [5.74, 6) is 0.323. The van der Waals surface area contributed by atoms with Crippen LogP contribution in [-0.2, 0) is 9.59 Å². The number of thiocarbonyl (C=S) groups is 1. The largest absolute Gasteiger partial charge is 0.457 e. The van der Waals surface area contributed by atoms with E-state index in [1.807, 2.05) is 84.9 Å². The van der Waals surface area contributed by atoms with Gasteiger partial charge in [0.15, 0.2) is 5.11 Å². The number of para-hydroxylation sites is 1. The van der Waals surface area contributed by atoms with Crippen LogP contribution in [0.1, 0.15) is 5.56 Å². The molecule has 0 aliphatic carbocycles. The van der Waals surface area contributed by atoms with Gasteiger partial charge in [0, 0.05) is 0 Å². The van der Waals surface area contributed by atoms with E-state index in [1.165, 1.54) is 4.90 Å². The molecule has 0 radical (unpaired) electrons. The quantitative estimate of drug-likeness (QED) is 0.219. The molecular weight excluding hydrogens is 456 g/mol. The Labute approximate surface area is 208 Å². The molecule has 1 heterocycles. The Morgan fingerprint density at radius 2 is 1.26 bits per heavy atom. The normalized spacial score (nSPS) is 14.7. The third kappa shape index (κ3) is 4.88. The van der Waals surface area contributed by atoms with Crippen LogP contribution in [0.5, 0.6) is 11.5 Å². The number of ether oxygens (including phenoxy) is 1. The number of amides is 2. The monoisotopic (exact) mass is 476 g/mol. The van der Waals surface area contributed by atoms with Crippen molar-refractivity contribution in [3.63, 3.8) is 0 Å². The van der Waals surface area contributed by atoms with Crippen molar-refractivity contribution < 1.29 is 14.3 Å². The van der Waals surface area contributed by atoms with Crippen molar-refractivity contribution in [3.8, 4) is 22.6 Å². The maximum absolute atomic E-state index is 13.3. The number of nitrogens with zero attached hydrogens (tertiary/aromatic N) is 1. The van der Waals surface area contributed by atoms with Crippen molar-refractivity contribution in [2.75, 3.05) is 4.90 Å². The minimum absolute atomic E-state index is 0.00988. The maximum Gasteiger partial charge on any atom is 0.270 e. The minimum atomic E-state index is -0.521. The standard InChI is InChI=1S/C29H20N2O3S/c32-27-26(19-20-11-13-22(14-12-20)21-7-3-1-4-8-21)28(33)31(29(35)30-27)23-15-17-25(18-16-23)34-24-9-5-2-6-10-24/h1-19H,(H,30,32,35)/b26-19+. The first-order chi connectivity index (χ1) is 17.1. The molecular formula is C29H20N2O3S. The molecule has 5 nitrogen and oxygen atoms in total. The molecule has 170 valence electrons. The first-order valence-corrected chi connectivity index (χ1v) is 11.4. The summed E-state index contributed by atoms with van der Waals surface area (Å²) in [5, 5.41) is 2.65. The van der Waals surface area contributed by atoms with Gasteiger partial charge in [0.2, 0.25) is 0 Å². The number of rotatable bonds is 5. The van der Waals surface area contributed by atoms with Crippen LogP contribution >= 0.6 is 12.2 Å².